The van der Waals surface area contributed by atoms with Crippen molar-refractivity contribution < 1.29 is 14.7 Å². The minimum Gasteiger partial charge on any atom is -0.347 e. The van der Waals surface area contributed by atoms with Crippen LogP contribution < -0.4 is 5.06 Å². The van der Waals surface area contributed by atoms with Crippen LogP contribution in [0.3, 0.4) is 0 Å². The summed E-state index contributed by atoms with van der Waals surface area (Å²) in [5.74, 6) is 0.368. The van der Waals surface area contributed by atoms with Crippen molar-refractivity contribution >= 4 is 17.0 Å². The number of fused-ring (bicyclic) bond motifs is 2. The summed E-state index contributed by atoms with van der Waals surface area (Å²) in [6, 6.07) is 0. The molecule has 4 heterocycles. The summed E-state index contributed by atoms with van der Waals surface area (Å²) in [5, 5.41) is 12.7. The average molecular weight is 466 g/mol. The van der Waals surface area contributed by atoms with Gasteiger partial charge in [-0.25, -0.2) is 20.0 Å². The first kappa shape index (κ1) is 22.2. The highest BCUT2D eigenvalue weighted by Crippen LogP contribution is 2.65. The van der Waals surface area contributed by atoms with Gasteiger partial charge in [-0.1, -0.05) is 38.2 Å². The monoisotopic (exact) mass is 465 g/mol. The zero-order chi connectivity index (χ0) is 23.8. The molecule has 6 rings (SSSR count). The quantitative estimate of drug-likeness (QED) is 0.646. The van der Waals surface area contributed by atoms with Gasteiger partial charge in [0.2, 0.25) is 0 Å². The fourth-order valence-corrected chi connectivity index (χ4v) is 7.24. The molecule has 2 aliphatic carbocycles. The molecular formula is C26H35N5O3. The predicted octanol–water partition coefficient (Wildman–Crippen LogP) is 4.65. The molecule has 2 unspecified atom stereocenters. The van der Waals surface area contributed by atoms with Gasteiger partial charge in [0.15, 0.2) is 17.3 Å². The van der Waals surface area contributed by atoms with Crippen LogP contribution in [-0.4, -0.2) is 49.3 Å². The van der Waals surface area contributed by atoms with E-state index in [1.807, 2.05) is 4.57 Å². The maximum Gasteiger partial charge on any atom is 0.183 e. The van der Waals surface area contributed by atoms with Crippen molar-refractivity contribution in [1.82, 2.24) is 19.5 Å². The number of rotatable bonds is 2. The Morgan fingerprint density at radius 3 is 2.68 bits per heavy atom. The highest BCUT2D eigenvalue weighted by atomic mass is 16.7. The minimum absolute atomic E-state index is 0.0753. The van der Waals surface area contributed by atoms with Crippen molar-refractivity contribution in [3.8, 4) is 0 Å². The molecule has 4 atom stereocenters. The molecule has 1 saturated heterocycles. The second kappa shape index (κ2) is 7.35. The van der Waals surface area contributed by atoms with Gasteiger partial charge >= 0.3 is 0 Å². The van der Waals surface area contributed by atoms with Gasteiger partial charge in [0, 0.05) is 23.8 Å². The second-order valence-corrected chi connectivity index (χ2v) is 11.3. The van der Waals surface area contributed by atoms with E-state index in [4.69, 9.17) is 9.47 Å². The maximum atomic E-state index is 11.4. The molecule has 1 spiro atoms. The molecule has 4 aliphatic rings. The topological polar surface area (TPSA) is 85.5 Å². The van der Waals surface area contributed by atoms with Crippen LogP contribution in [0.1, 0.15) is 59.3 Å². The molecule has 3 fully saturated rings. The molecule has 182 valence electrons. The van der Waals surface area contributed by atoms with E-state index in [-0.39, 0.29) is 10.8 Å². The SMILES string of the molecule is C=C1CCC2(C)[C@H](CCCC23OCCO3)C1(C)/C=C/[C@@]1(C)CCn2cnc3ncnc(c32)N1O. The lowest BCUT2D eigenvalue weighted by Crippen LogP contribution is -2.60. The van der Waals surface area contributed by atoms with Crippen molar-refractivity contribution in [1.29, 1.82) is 0 Å². The predicted molar refractivity (Wildman–Crippen MR) is 128 cm³/mol. The lowest BCUT2D eigenvalue weighted by molar-refractivity contribution is -0.282. The number of imidazole rings is 1. The molecule has 1 N–H and O–H groups in total. The molecule has 8 nitrogen and oxygen atoms in total. The van der Waals surface area contributed by atoms with E-state index in [1.54, 1.807) is 6.33 Å². The summed E-state index contributed by atoms with van der Waals surface area (Å²) in [7, 11) is 0. The number of hydrogen-bond donors (Lipinski definition) is 1. The van der Waals surface area contributed by atoms with E-state index in [0.29, 0.717) is 37.0 Å². The normalized spacial score (nSPS) is 37.5. The third kappa shape index (κ3) is 2.85. The average Bonchev–Trinajstić information content (AvgIpc) is 3.46. The third-order valence-electron chi connectivity index (χ3n) is 9.55. The highest BCUT2D eigenvalue weighted by molar-refractivity contribution is 5.83. The molecule has 2 aromatic rings. The summed E-state index contributed by atoms with van der Waals surface area (Å²) in [6.07, 6.45) is 13.6. The Morgan fingerprint density at radius 1 is 1.09 bits per heavy atom. The zero-order valence-electron chi connectivity index (χ0n) is 20.5. The van der Waals surface area contributed by atoms with E-state index >= 15 is 0 Å². The zero-order valence-corrected chi connectivity index (χ0v) is 20.5. The fourth-order valence-electron chi connectivity index (χ4n) is 7.24. The van der Waals surface area contributed by atoms with Crippen LogP contribution in [-0.2, 0) is 16.0 Å². The lowest BCUT2D eigenvalue weighted by atomic mass is 9.47. The van der Waals surface area contributed by atoms with Gasteiger partial charge in [-0.15, -0.1) is 0 Å². The number of aromatic nitrogens is 4. The Hall–Kier alpha value is -2.29. The first-order chi connectivity index (χ1) is 16.2. The van der Waals surface area contributed by atoms with E-state index in [2.05, 4.69) is 54.5 Å². The van der Waals surface area contributed by atoms with Gasteiger partial charge in [0.05, 0.1) is 25.1 Å². The lowest BCUT2D eigenvalue weighted by Gasteiger charge is -2.61. The Bertz CT molecular complexity index is 1170. The molecule has 34 heavy (non-hydrogen) atoms. The maximum absolute atomic E-state index is 11.4. The molecule has 0 radical (unpaired) electrons. The first-order valence-electron chi connectivity index (χ1n) is 12.5. The molecule has 0 bridgehead atoms. The minimum atomic E-state index is -0.635. The summed E-state index contributed by atoms with van der Waals surface area (Å²) < 4.78 is 14.7. The molecule has 8 heteroatoms. The van der Waals surface area contributed by atoms with Crippen molar-refractivity contribution in [2.24, 2.45) is 16.7 Å². The Balaban J connectivity index is 1.37. The van der Waals surface area contributed by atoms with Gasteiger partial charge in [-0.3, -0.25) is 5.21 Å². The summed E-state index contributed by atoms with van der Waals surface area (Å²) >= 11 is 0. The Kier molecular flexibility index (Phi) is 4.80. The van der Waals surface area contributed by atoms with Crippen LogP contribution in [0.15, 0.2) is 37.0 Å². The first-order valence-corrected chi connectivity index (χ1v) is 12.5. The number of hydroxylamine groups is 1. The number of nitrogens with zero attached hydrogens (tertiary/aromatic N) is 5. The number of aryl methyl sites for hydroxylation is 1. The summed E-state index contributed by atoms with van der Waals surface area (Å²) in [5.41, 5.74) is 1.70. The van der Waals surface area contributed by atoms with E-state index in [1.165, 1.54) is 17.0 Å². The Labute approximate surface area is 200 Å². The smallest absolute Gasteiger partial charge is 0.183 e. The number of anilines is 1. The molecule has 2 saturated carbocycles. The van der Waals surface area contributed by atoms with E-state index < -0.39 is 11.3 Å². The van der Waals surface area contributed by atoms with Crippen molar-refractivity contribution in [3.63, 3.8) is 0 Å². The van der Waals surface area contributed by atoms with Gasteiger partial charge in [0.1, 0.15) is 11.8 Å². The standard InChI is InChI=1S/C26H35N5O3/c1-18-7-9-25(4)19(6-5-8-26(25)33-14-15-34-26)24(18,3)11-10-23(2)12-13-30-17-29-21-20(30)22(31(23)32)28-16-27-21/h10-11,16-17,19,32H,1,5-9,12-15H2,2-4H3/b11-10+/t19-,23+,24?,25?/m1/s1. The molecule has 0 amide bonds. The van der Waals surface area contributed by atoms with Crippen LogP contribution >= 0.6 is 0 Å². The van der Waals surface area contributed by atoms with Crippen molar-refractivity contribution in [2.45, 2.75) is 77.2 Å². The third-order valence-corrected chi connectivity index (χ3v) is 9.55. The van der Waals surface area contributed by atoms with Gasteiger partial charge < -0.3 is 14.0 Å². The number of allylic oxidation sites excluding steroid dienone is 2. The van der Waals surface area contributed by atoms with E-state index in [0.717, 1.165) is 44.2 Å². The van der Waals surface area contributed by atoms with Crippen LogP contribution in [0.2, 0.25) is 0 Å². The molecule has 0 aromatic carbocycles. The van der Waals surface area contributed by atoms with Crippen molar-refractivity contribution in [3.05, 3.63) is 37.0 Å². The van der Waals surface area contributed by atoms with Gasteiger partial charge in [-0.2, -0.15) is 0 Å². The van der Waals surface area contributed by atoms with Gasteiger partial charge in [0.25, 0.3) is 0 Å². The molecule has 2 aliphatic heterocycles. The van der Waals surface area contributed by atoms with E-state index in [9.17, 15) is 5.21 Å². The largest absolute Gasteiger partial charge is 0.347 e. The second-order valence-electron chi connectivity index (χ2n) is 11.3. The number of hydrogen-bond acceptors (Lipinski definition) is 7. The highest BCUT2D eigenvalue weighted by Gasteiger charge is 2.63. The fraction of sp³-hybridized carbons (Fsp3) is 0.654. The van der Waals surface area contributed by atoms with Gasteiger partial charge in [-0.05, 0) is 44.9 Å². The van der Waals surface area contributed by atoms with Crippen molar-refractivity contribution in [2.75, 3.05) is 18.3 Å². The summed E-state index contributed by atoms with van der Waals surface area (Å²) in [6.45, 7) is 13.4. The van der Waals surface area contributed by atoms with Crippen LogP contribution in [0.5, 0.6) is 0 Å². The Morgan fingerprint density at radius 2 is 1.88 bits per heavy atom. The van der Waals surface area contributed by atoms with Crippen LogP contribution in [0.25, 0.3) is 11.2 Å². The van der Waals surface area contributed by atoms with Crippen LogP contribution in [0, 0.1) is 16.7 Å². The molecular weight excluding hydrogens is 430 g/mol. The molecule has 2 aromatic heterocycles. The summed E-state index contributed by atoms with van der Waals surface area (Å²) in [4.78, 5) is 13.0. The number of ether oxygens (including phenoxy) is 2. The van der Waals surface area contributed by atoms with Crippen LogP contribution in [0.4, 0.5) is 5.82 Å².